The van der Waals surface area contributed by atoms with Crippen LogP contribution >= 0.6 is 23.2 Å². The lowest BCUT2D eigenvalue weighted by atomic mass is 10.3. The van der Waals surface area contributed by atoms with Gasteiger partial charge in [-0.15, -0.1) is 0 Å². The van der Waals surface area contributed by atoms with E-state index in [9.17, 15) is 9.59 Å². The zero-order valence-corrected chi connectivity index (χ0v) is 10.2. The maximum Gasteiger partial charge on any atom is 0.429 e. The summed E-state index contributed by atoms with van der Waals surface area (Å²) in [6.45, 7) is 1.78. The molecule has 0 saturated heterocycles. The van der Waals surface area contributed by atoms with Crippen LogP contribution < -0.4 is 5.76 Å². The van der Waals surface area contributed by atoms with Gasteiger partial charge in [0.05, 0.1) is 11.6 Å². The number of fused-ring (bicyclic) bond motifs is 1. The van der Waals surface area contributed by atoms with Crippen LogP contribution in [0.5, 0.6) is 0 Å². The van der Waals surface area contributed by atoms with Crippen LogP contribution in [0.25, 0.3) is 11.1 Å². The molecule has 0 aliphatic heterocycles. The molecular formula is C10H7Cl2NO4. The van der Waals surface area contributed by atoms with Gasteiger partial charge < -0.3 is 9.15 Å². The number of carbonyl (C=O) groups is 1. The first kappa shape index (κ1) is 12.0. The van der Waals surface area contributed by atoms with Crippen LogP contribution in [0.15, 0.2) is 21.3 Å². The standard InChI is InChI=1S/C10H7Cl2NO4/c1-2-16-9(14)13-7-4-5(11)3-6(12)8(7)17-10(13)15/h3-4H,2H2,1H3. The molecule has 0 radical (unpaired) electrons. The maximum absolute atomic E-state index is 11.6. The van der Waals surface area contributed by atoms with Crippen molar-refractivity contribution in [1.82, 2.24) is 4.57 Å². The van der Waals surface area contributed by atoms with E-state index in [4.69, 9.17) is 32.4 Å². The molecule has 1 heterocycles. The highest BCUT2D eigenvalue weighted by molar-refractivity contribution is 6.38. The highest BCUT2D eigenvalue weighted by Crippen LogP contribution is 2.27. The van der Waals surface area contributed by atoms with Gasteiger partial charge in [0.25, 0.3) is 0 Å². The van der Waals surface area contributed by atoms with Crippen LogP contribution in [0.1, 0.15) is 6.92 Å². The Labute approximate surface area is 105 Å². The third kappa shape index (κ3) is 2.03. The zero-order valence-electron chi connectivity index (χ0n) is 8.70. The van der Waals surface area contributed by atoms with Gasteiger partial charge in [0.2, 0.25) is 0 Å². The number of rotatable bonds is 1. The highest BCUT2D eigenvalue weighted by Gasteiger charge is 2.19. The van der Waals surface area contributed by atoms with E-state index in [0.717, 1.165) is 4.57 Å². The van der Waals surface area contributed by atoms with Crippen LogP contribution in [-0.2, 0) is 4.74 Å². The Morgan fingerprint density at radius 3 is 2.82 bits per heavy atom. The summed E-state index contributed by atoms with van der Waals surface area (Å²) in [6.07, 6.45) is -0.824. The van der Waals surface area contributed by atoms with Crippen LogP contribution in [0.3, 0.4) is 0 Å². The SMILES string of the molecule is CCOC(=O)n1c(=O)oc2c(Cl)cc(Cl)cc21. The van der Waals surface area contributed by atoms with E-state index < -0.39 is 11.8 Å². The molecule has 0 atom stereocenters. The molecule has 0 bridgehead atoms. The first-order valence-electron chi connectivity index (χ1n) is 4.72. The van der Waals surface area contributed by atoms with Crippen LogP contribution in [0.4, 0.5) is 4.79 Å². The van der Waals surface area contributed by atoms with Crippen molar-refractivity contribution in [3.8, 4) is 0 Å². The Morgan fingerprint density at radius 1 is 1.47 bits per heavy atom. The Kier molecular flexibility index (Phi) is 3.13. The van der Waals surface area contributed by atoms with Gasteiger partial charge in [0.1, 0.15) is 5.52 Å². The van der Waals surface area contributed by atoms with Crippen molar-refractivity contribution in [1.29, 1.82) is 0 Å². The molecule has 1 aromatic heterocycles. The molecule has 5 nitrogen and oxygen atoms in total. The molecular weight excluding hydrogens is 269 g/mol. The van der Waals surface area contributed by atoms with Crippen LogP contribution in [-0.4, -0.2) is 17.3 Å². The number of hydrogen-bond acceptors (Lipinski definition) is 4. The Hall–Kier alpha value is -1.46. The van der Waals surface area contributed by atoms with E-state index in [0.29, 0.717) is 5.02 Å². The predicted molar refractivity (Wildman–Crippen MR) is 62.9 cm³/mol. The zero-order chi connectivity index (χ0) is 12.6. The van der Waals surface area contributed by atoms with Crippen molar-refractivity contribution in [2.24, 2.45) is 0 Å². The third-order valence-corrected chi connectivity index (χ3v) is 2.55. The minimum absolute atomic E-state index is 0.106. The van der Waals surface area contributed by atoms with E-state index in [-0.39, 0.29) is 22.7 Å². The van der Waals surface area contributed by atoms with E-state index in [1.807, 2.05) is 0 Å². The lowest BCUT2D eigenvalue weighted by Gasteiger charge is -2.01. The van der Waals surface area contributed by atoms with Crippen LogP contribution in [0, 0.1) is 0 Å². The quantitative estimate of drug-likeness (QED) is 0.803. The third-order valence-electron chi connectivity index (χ3n) is 2.05. The lowest BCUT2D eigenvalue weighted by molar-refractivity contribution is 0.153. The minimum atomic E-state index is -0.859. The van der Waals surface area contributed by atoms with E-state index in [2.05, 4.69) is 0 Å². The number of hydrogen-bond donors (Lipinski definition) is 0. The fraction of sp³-hybridized carbons (Fsp3) is 0.200. The summed E-state index contributed by atoms with van der Waals surface area (Å²) in [5.74, 6) is -0.859. The van der Waals surface area contributed by atoms with Gasteiger partial charge in [-0.25, -0.2) is 9.59 Å². The molecule has 0 amide bonds. The average Bonchev–Trinajstić information content (AvgIpc) is 2.55. The van der Waals surface area contributed by atoms with Crippen molar-refractivity contribution < 1.29 is 13.9 Å². The van der Waals surface area contributed by atoms with Crippen molar-refractivity contribution >= 4 is 40.4 Å². The van der Waals surface area contributed by atoms with Gasteiger partial charge in [-0.05, 0) is 19.1 Å². The molecule has 1 aromatic carbocycles. The molecule has 2 aromatic rings. The van der Waals surface area contributed by atoms with Crippen molar-refractivity contribution in [3.63, 3.8) is 0 Å². The minimum Gasteiger partial charge on any atom is -0.449 e. The largest absolute Gasteiger partial charge is 0.449 e. The monoisotopic (exact) mass is 275 g/mol. The van der Waals surface area contributed by atoms with E-state index >= 15 is 0 Å². The molecule has 0 N–H and O–H groups in total. The van der Waals surface area contributed by atoms with Gasteiger partial charge in [-0.2, -0.15) is 4.57 Å². The number of ether oxygens (including phenoxy) is 1. The smallest absolute Gasteiger partial charge is 0.429 e. The number of halogens is 2. The van der Waals surface area contributed by atoms with E-state index in [1.165, 1.54) is 12.1 Å². The van der Waals surface area contributed by atoms with Gasteiger partial charge in [-0.3, -0.25) is 0 Å². The molecule has 0 unspecified atom stereocenters. The summed E-state index contributed by atoms with van der Waals surface area (Å²) in [4.78, 5) is 23.1. The van der Waals surface area contributed by atoms with Gasteiger partial charge in [0.15, 0.2) is 5.58 Å². The molecule has 0 saturated carbocycles. The summed E-state index contributed by atoms with van der Waals surface area (Å²) in [7, 11) is 0. The number of benzene rings is 1. The Bertz CT molecular complexity index is 644. The summed E-state index contributed by atoms with van der Waals surface area (Å²) in [5.41, 5.74) is 0.292. The second-order valence-electron chi connectivity index (χ2n) is 3.14. The second-order valence-corrected chi connectivity index (χ2v) is 3.98. The van der Waals surface area contributed by atoms with Crippen molar-refractivity contribution in [3.05, 3.63) is 32.7 Å². The summed E-state index contributed by atoms with van der Waals surface area (Å²) in [6, 6.07) is 2.83. The topological polar surface area (TPSA) is 61.4 Å². The maximum atomic E-state index is 11.6. The molecule has 90 valence electrons. The number of nitrogens with zero attached hydrogens (tertiary/aromatic N) is 1. The number of aromatic nitrogens is 1. The fourth-order valence-electron chi connectivity index (χ4n) is 1.41. The molecule has 0 spiro atoms. The first-order chi connectivity index (χ1) is 8.04. The second kappa shape index (κ2) is 4.43. The average molecular weight is 276 g/mol. The fourth-order valence-corrected chi connectivity index (χ4v) is 1.93. The molecule has 7 heteroatoms. The van der Waals surface area contributed by atoms with Crippen LogP contribution in [0.2, 0.25) is 10.0 Å². The molecule has 2 rings (SSSR count). The highest BCUT2D eigenvalue weighted by atomic mass is 35.5. The Morgan fingerprint density at radius 2 is 2.18 bits per heavy atom. The number of oxazole rings is 1. The van der Waals surface area contributed by atoms with Crippen molar-refractivity contribution in [2.75, 3.05) is 6.61 Å². The number of carbonyl (C=O) groups excluding carboxylic acids is 1. The summed E-state index contributed by atoms with van der Waals surface area (Å²) < 4.78 is 10.3. The molecule has 0 aliphatic rings. The molecule has 17 heavy (non-hydrogen) atoms. The Balaban J connectivity index is 2.75. The summed E-state index contributed by atoms with van der Waals surface area (Å²) in [5, 5.41) is 0.453. The first-order valence-corrected chi connectivity index (χ1v) is 5.48. The van der Waals surface area contributed by atoms with Crippen molar-refractivity contribution in [2.45, 2.75) is 6.92 Å². The summed E-state index contributed by atoms with van der Waals surface area (Å²) >= 11 is 11.6. The van der Waals surface area contributed by atoms with Gasteiger partial charge >= 0.3 is 11.8 Å². The lowest BCUT2D eigenvalue weighted by Crippen LogP contribution is -2.23. The van der Waals surface area contributed by atoms with Gasteiger partial charge in [0, 0.05) is 5.02 Å². The van der Waals surface area contributed by atoms with E-state index in [1.54, 1.807) is 6.92 Å². The van der Waals surface area contributed by atoms with Gasteiger partial charge in [-0.1, -0.05) is 23.2 Å². The normalized spacial score (nSPS) is 10.8. The molecule has 0 fully saturated rings. The molecule has 0 aliphatic carbocycles. The predicted octanol–water partition coefficient (Wildman–Crippen LogP) is 2.91.